The first-order valence-electron chi connectivity index (χ1n) is 9.79. The SMILES string of the molecule is COc1ccc(-c2nc3ccc(NC(=S)NC(=O)c4cccc(C)c4)cc3o2)cc1OC. The minimum absolute atomic E-state index is 0.190. The van der Waals surface area contributed by atoms with Gasteiger partial charge in [0, 0.05) is 22.9 Å². The first-order valence-corrected chi connectivity index (χ1v) is 10.2. The molecule has 4 rings (SSSR count). The summed E-state index contributed by atoms with van der Waals surface area (Å²) in [6, 6.07) is 18.1. The van der Waals surface area contributed by atoms with Crippen molar-refractivity contribution in [3.8, 4) is 23.0 Å². The van der Waals surface area contributed by atoms with E-state index in [2.05, 4.69) is 15.6 Å². The van der Waals surface area contributed by atoms with Gasteiger partial charge in [-0.1, -0.05) is 17.7 Å². The predicted molar refractivity (Wildman–Crippen MR) is 127 cm³/mol. The predicted octanol–water partition coefficient (Wildman–Crippen LogP) is 4.95. The second-order valence-electron chi connectivity index (χ2n) is 7.05. The van der Waals surface area contributed by atoms with Gasteiger partial charge in [-0.25, -0.2) is 4.98 Å². The van der Waals surface area contributed by atoms with E-state index in [1.54, 1.807) is 44.6 Å². The number of benzene rings is 3. The molecule has 2 N–H and O–H groups in total. The van der Waals surface area contributed by atoms with Crippen LogP contribution in [0.5, 0.6) is 11.5 Å². The maximum Gasteiger partial charge on any atom is 0.257 e. The van der Waals surface area contributed by atoms with Crippen molar-refractivity contribution in [3.63, 3.8) is 0 Å². The molecule has 0 aliphatic rings. The van der Waals surface area contributed by atoms with Crippen molar-refractivity contribution in [2.24, 2.45) is 0 Å². The highest BCUT2D eigenvalue weighted by Crippen LogP contribution is 2.33. The summed E-state index contributed by atoms with van der Waals surface area (Å²) in [5.41, 5.74) is 4.23. The van der Waals surface area contributed by atoms with Gasteiger partial charge in [0.25, 0.3) is 5.91 Å². The smallest absolute Gasteiger partial charge is 0.257 e. The second kappa shape index (κ2) is 9.07. The lowest BCUT2D eigenvalue weighted by molar-refractivity contribution is 0.0977. The monoisotopic (exact) mass is 447 g/mol. The number of fused-ring (bicyclic) bond motifs is 1. The fraction of sp³-hybridized carbons (Fsp3) is 0.125. The summed E-state index contributed by atoms with van der Waals surface area (Å²) in [4.78, 5) is 16.9. The van der Waals surface area contributed by atoms with Crippen molar-refractivity contribution in [2.45, 2.75) is 6.92 Å². The number of hydrogen-bond donors (Lipinski definition) is 2. The number of aromatic nitrogens is 1. The molecule has 0 spiro atoms. The summed E-state index contributed by atoms with van der Waals surface area (Å²) in [6.07, 6.45) is 0. The van der Waals surface area contributed by atoms with E-state index in [9.17, 15) is 4.79 Å². The van der Waals surface area contributed by atoms with Crippen molar-refractivity contribution >= 4 is 40.0 Å². The van der Waals surface area contributed by atoms with Crippen molar-refractivity contribution in [2.75, 3.05) is 19.5 Å². The molecule has 0 fully saturated rings. The molecule has 0 saturated heterocycles. The second-order valence-corrected chi connectivity index (χ2v) is 7.46. The molecule has 3 aromatic carbocycles. The van der Waals surface area contributed by atoms with Crippen LogP contribution >= 0.6 is 12.2 Å². The van der Waals surface area contributed by atoms with Gasteiger partial charge in [-0.05, 0) is 61.6 Å². The summed E-state index contributed by atoms with van der Waals surface area (Å²) in [5.74, 6) is 1.39. The van der Waals surface area contributed by atoms with Crippen LogP contribution in [0.25, 0.3) is 22.6 Å². The van der Waals surface area contributed by atoms with E-state index in [1.807, 2.05) is 37.3 Å². The molecule has 1 amide bonds. The lowest BCUT2D eigenvalue weighted by Crippen LogP contribution is -2.34. The number of nitrogens with zero attached hydrogens (tertiary/aromatic N) is 1. The summed E-state index contributed by atoms with van der Waals surface area (Å²) >= 11 is 5.29. The quantitative estimate of drug-likeness (QED) is 0.419. The third kappa shape index (κ3) is 4.55. The number of hydrogen-bond acceptors (Lipinski definition) is 6. The molecular weight excluding hydrogens is 426 g/mol. The molecule has 0 aliphatic carbocycles. The summed E-state index contributed by atoms with van der Waals surface area (Å²) in [7, 11) is 3.16. The van der Waals surface area contributed by atoms with Gasteiger partial charge >= 0.3 is 0 Å². The van der Waals surface area contributed by atoms with Gasteiger partial charge in [0.1, 0.15) is 5.52 Å². The van der Waals surface area contributed by atoms with E-state index in [4.69, 9.17) is 26.1 Å². The fourth-order valence-corrected chi connectivity index (χ4v) is 3.43. The summed E-state index contributed by atoms with van der Waals surface area (Å²) in [5, 5.41) is 5.88. The molecule has 0 radical (unpaired) electrons. The minimum Gasteiger partial charge on any atom is -0.493 e. The molecule has 32 heavy (non-hydrogen) atoms. The normalized spacial score (nSPS) is 10.6. The molecule has 1 aromatic heterocycles. The van der Waals surface area contributed by atoms with Gasteiger partial charge in [-0.3, -0.25) is 10.1 Å². The standard InChI is InChI=1S/C24H21N3O4S/c1-14-5-4-6-15(11-14)22(28)27-24(32)25-17-8-9-18-20(13-17)31-23(26-18)16-7-10-19(29-2)21(12-16)30-3/h4-13H,1-3H3,(H2,25,27,28,32). The van der Waals surface area contributed by atoms with E-state index in [1.165, 1.54) is 0 Å². The van der Waals surface area contributed by atoms with Crippen LogP contribution in [0, 0.1) is 6.92 Å². The van der Waals surface area contributed by atoms with Gasteiger partial charge < -0.3 is 19.2 Å². The molecule has 8 heteroatoms. The zero-order valence-electron chi connectivity index (χ0n) is 17.8. The van der Waals surface area contributed by atoms with Crippen molar-refractivity contribution in [3.05, 3.63) is 71.8 Å². The van der Waals surface area contributed by atoms with Gasteiger partial charge in [-0.15, -0.1) is 0 Å². The topological polar surface area (TPSA) is 85.6 Å². The Balaban J connectivity index is 1.50. The van der Waals surface area contributed by atoms with Crippen molar-refractivity contribution in [1.82, 2.24) is 10.3 Å². The molecule has 0 bridgehead atoms. The largest absolute Gasteiger partial charge is 0.493 e. The lowest BCUT2D eigenvalue weighted by atomic mass is 10.1. The van der Waals surface area contributed by atoms with Crippen LogP contribution < -0.4 is 20.1 Å². The van der Waals surface area contributed by atoms with E-state index in [0.29, 0.717) is 39.7 Å². The number of aryl methyl sites for hydroxylation is 1. The molecule has 0 aliphatic heterocycles. The first-order chi connectivity index (χ1) is 15.5. The highest BCUT2D eigenvalue weighted by atomic mass is 32.1. The zero-order chi connectivity index (χ0) is 22.7. The summed E-state index contributed by atoms with van der Waals surface area (Å²) < 4.78 is 16.6. The number of methoxy groups -OCH3 is 2. The Morgan fingerprint density at radius 1 is 1.00 bits per heavy atom. The third-order valence-electron chi connectivity index (χ3n) is 4.78. The molecule has 0 unspecified atom stereocenters. The number of thiocarbonyl (C=S) groups is 1. The van der Waals surface area contributed by atoms with Crippen LogP contribution in [0.4, 0.5) is 5.69 Å². The van der Waals surface area contributed by atoms with Gasteiger partial charge in [-0.2, -0.15) is 0 Å². The summed E-state index contributed by atoms with van der Waals surface area (Å²) in [6.45, 7) is 1.93. The molecule has 0 atom stereocenters. The maximum atomic E-state index is 12.4. The number of oxazole rings is 1. The number of ether oxygens (including phenoxy) is 2. The van der Waals surface area contributed by atoms with E-state index in [0.717, 1.165) is 11.1 Å². The average Bonchev–Trinajstić information content (AvgIpc) is 3.22. The number of carbonyl (C=O) groups excluding carboxylic acids is 1. The van der Waals surface area contributed by atoms with Crippen LogP contribution in [-0.2, 0) is 0 Å². The Labute approximate surface area is 190 Å². The van der Waals surface area contributed by atoms with E-state index < -0.39 is 0 Å². The van der Waals surface area contributed by atoms with Gasteiger partial charge in [0.05, 0.1) is 14.2 Å². The highest BCUT2D eigenvalue weighted by molar-refractivity contribution is 7.80. The molecular formula is C24H21N3O4S. The van der Waals surface area contributed by atoms with Gasteiger partial charge in [0.15, 0.2) is 22.2 Å². The number of carbonyl (C=O) groups is 1. The number of anilines is 1. The Hall–Kier alpha value is -3.91. The van der Waals surface area contributed by atoms with Crippen LogP contribution in [-0.4, -0.2) is 30.2 Å². The van der Waals surface area contributed by atoms with E-state index in [-0.39, 0.29) is 11.0 Å². The minimum atomic E-state index is -0.275. The number of amides is 1. The zero-order valence-corrected chi connectivity index (χ0v) is 18.6. The molecule has 4 aromatic rings. The van der Waals surface area contributed by atoms with Crippen LogP contribution in [0.3, 0.4) is 0 Å². The fourth-order valence-electron chi connectivity index (χ4n) is 3.22. The first kappa shape index (κ1) is 21.3. The molecule has 7 nitrogen and oxygen atoms in total. The Bertz CT molecular complexity index is 1320. The van der Waals surface area contributed by atoms with Crippen LogP contribution in [0.1, 0.15) is 15.9 Å². The van der Waals surface area contributed by atoms with Gasteiger partial charge in [0.2, 0.25) is 5.89 Å². The van der Waals surface area contributed by atoms with Crippen LogP contribution in [0.15, 0.2) is 65.1 Å². The lowest BCUT2D eigenvalue weighted by Gasteiger charge is -2.09. The molecule has 0 saturated carbocycles. The Kier molecular flexibility index (Phi) is 6.04. The van der Waals surface area contributed by atoms with Crippen molar-refractivity contribution in [1.29, 1.82) is 0 Å². The van der Waals surface area contributed by atoms with E-state index >= 15 is 0 Å². The van der Waals surface area contributed by atoms with Crippen molar-refractivity contribution < 1.29 is 18.7 Å². The maximum absolute atomic E-state index is 12.4. The Morgan fingerprint density at radius 3 is 2.56 bits per heavy atom. The highest BCUT2D eigenvalue weighted by Gasteiger charge is 2.13. The number of nitrogens with one attached hydrogen (secondary N) is 2. The van der Waals surface area contributed by atoms with Crippen LogP contribution in [0.2, 0.25) is 0 Å². The third-order valence-corrected chi connectivity index (χ3v) is 4.99. The Morgan fingerprint density at radius 2 is 1.81 bits per heavy atom. The number of rotatable bonds is 5. The molecule has 162 valence electrons. The average molecular weight is 448 g/mol. The molecule has 1 heterocycles.